The number of hydrogen-bond donors (Lipinski definition) is 2. The second-order valence-corrected chi connectivity index (χ2v) is 5.84. The molecule has 2 N–H and O–H groups in total. The molecule has 124 valence electrons. The van der Waals surface area contributed by atoms with Gasteiger partial charge in [0.25, 0.3) is 0 Å². The van der Waals surface area contributed by atoms with Crippen molar-refractivity contribution in [3.63, 3.8) is 0 Å². The number of hydrazone groups is 1. The van der Waals surface area contributed by atoms with Crippen LogP contribution in [0.3, 0.4) is 0 Å². The van der Waals surface area contributed by atoms with Gasteiger partial charge in [-0.05, 0) is 36.1 Å². The molecule has 0 atom stereocenters. The van der Waals surface area contributed by atoms with E-state index in [1.54, 1.807) is 12.1 Å². The van der Waals surface area contributed by atoms with E-state index >= 15 is 0 Å². The molecule has 0 bridgehead atoms. The molecule has 2 amide bonds. The van der Waals surface area contributed by atoms with Crippen LogP contribution < -0.4 is 10.7 Å². The average Bonchev–Trinajstić information content (AvgIpc) is 2.57. The van der Waals surface area contributed by atoms with E-state index in [0.29, 0.717) is 11.6 Å². The predicted octanol–water partition coefficient (Wildman–Crippen LogP) is 3.21. The van der Waals surface area contributed by atoms with Gasteiger partial charge in [-0.25, -0.2) is 5.43 Å². The number of rotatable bonds is 4. The Kier molecular flexibility index (Phi) is 5.84. The van der Waals surface area contributed by atoms with Gasteiger partial charge in [0.05, 0.1) is 6.21 Å². The highest BCUT2D eigenvalue weighted by Crippen LogP contribution is 2.13. The van der Waals surface area contributed by atoms with Crippen molar-refractivity contribution in [3.8, 4) is 0 Å². The molecule has 0 spiro atoms. The van der Waals surface area contributed by atoms with Gasteiger partial charge < -0.3 is 5.32 Å². The lowest BCUT2D eigenvalue weighted by atomic mass is 10.0. The number of amides is 2. The zero-order valence-electron chi connectivity index (χ0n) is 14.0. The lowest BCUT2D eigenvalue weighted by Crippen LogP contribution is -2.32. The lowest BCUT2D eigenvalue weighted by molar-refractivity contribution is -0.136. The summed E-state index contributed by atoms with van der Waals surface area (Å²) in [6.07, 6.45) is 1.50. The second kappa shape index (κ2) is 8.06. The Morgan fingerprint density at radius 2 is 1.58 bits per heavy atom. The van der Waals surface area contributed by atoms with Gasteiger partial charge in [-0.15, -0.1) is 0 Å². The van der Waals surface area contributed by atoms with E-state index in [-0.39, 0.29) is 0 Å². The third-order valence-corrected chi connectivity index (χ3v) is 3.50. The molecule has 5 heteroatoms. The first-order valence-corrected chi connectivity index (χ1v) is 7.76. The van der Waals surface area contributed by atoms with E-state index < -0.39 is 11.8 Å². The van der Waals surface area contributed by atoms with Gasteiger partial charge in [0, 0.05) is 5.69 Å². The normalized spacial score (nSPS) is 10.8. The Hall–Kier alpha value is -2.95. The molecule has 0 saturated carbocycles. The van der Waals surface area contributed by atoms with Crippen molar-refractivity contribution in [2.24, 2.45) is 5.10 Å². The second-order valence-electron chi connectivity index (χ2n) is 5.84. The summed E-state index contributed by atoms with van der Waals surface area (Å²) in [6.45, 7) is 6.19. The number of carbonyl (C=O) groups excluding carboxylic acids is 2. The van der Waals surface area contributed by atoms with Crippen molar-refractivity contribution in [2.75, 3.05) is 5.32 Å². The van der Waals surface area contributed by atoms with E-state index in [1.807, 2.05) is 43.3 Å². The number of carbonyl (C=O) groups is 2. The minimum absolute atomic E-state index is 0.459. The minimum Gasteiger partial charge on any atom is -0.318 e. The van der Waals surface area contributed by atoms with Crippen LogP contribution in [0.25, 0.3) is 0 Å². The van der Waals surface area contributed by atoms with Crippen molar-refractivity contribution in [1.29, 1.82) is 0 Å². The van der Waals surface area contributed by atoms with Crippen LogP contribution in [-0.2, 0) is 9.59 Å². The average molecular weight is 323 g/mol. The number of benzene rings is 2. The molecule has 2 rings (SSSR count). The Morgan fingerprint density at radius 1 is 0.958 bits per heavy atom. The van der Waals surface area contributed by atoms with Crippen LogP contribution in [0.15, 0.2) is 53.6 Å². The number of anilines is 1. The first-order chi connectivity index (χ1) is 11.5. The number of nitrogens with zero attached hydrogens (tertiary/aromatic N) is 1. The summed E-state index contributed by atoms with van der Waals surface area (Å²) >= 11 is 0. The quantitative estimate of drug-likeness (QED) is 0.515. The maximum atomic E-state index is 11.8. The molecule has 0 unspecified atom stereocenters. The van der Waals surface area contributed by atoms with Crippen LogP contribution in [0, 0.1) is 6.92 Å². The first-order valence-electron chi connectivity index (χ1n) is 7.76. The number of hydrogen-bond acceptors (Lipinski definition) is 3. The predicted molar refractivity (Wildman–Crippen MR) is 96.1 cm³/mol. The summed E-state index contributed by atoms with van der Waals surface area (Å²) < 4.78 is 0. The van der Waals surface area contributed by atoms with Gasteiger partial charge >= 0.3 is 11.8 Å². The van der Waals surface area contributed by atoms with Crippen molar-refractivity contribution in [1.82, 2.24) is 5.43 Å². The number of nitrogens with one attached hydrogen (secondary N) is 2. The van der Waals surface area contributed by atoms with Crippen LogP contribution in [0.4, 0.5) is 5.69 Å². The summed E-state index contributed by atoms with van der Waals surface area (Å²) in [5.41, 5.74) is 5.93. The van der Waals surface area contributed by atoms with Crippen LogP contribution in [0.2, 0.25) is 0 Å². The molecule has 0 fully saturated rings. The monoisotopic (exact) mass is 323 g/mol. The van der Waals surface area contributed by atoms with Crippen LogP contribution in [0.5, 0.6) is 0 Å². The lowest BCUT2D eigenvalue weighted by Gasteiger charge is -2.05. The maximum absolute atomic E-state index is 11.8. The van der Waals surface area contributed by atoms with Gasteiger partial charge in [-0.1, -0.05) is 55.8 Å². The molecular weight excluding hydrogens is 302 g/mol. The van der Waals surface area contributed by atoms with Gasteiger partial charge in [-0.3, -0.25) is 9.59 Å². The summed E-state index contributed by atoms with van der Waals surface area (Å²) in [4.78, 5) is 23.5. The fourth-order valence-corrected chi connectivity index (χ4v) is 2.01. The highest BCUT2D eigenvalue weighted by Gasteiger charge is 2.12. The van der Waals surface area contributed by atoms with Gasteiger partial charge in [0.2, 0.25) is 0 Å². The van der Waals surface area contributed by atoms with Crippen molar-refractivity contribution in [2.45, 2.75) is 26.7 Å². The molecule has 0 aliphatic carbocycles. The Labute approximate surface area is 141 Å². The zero-order valence-corrected chi connectivity index (χ0v) is 14.0. The van der Waals surface area contributed by atoms with E-state index in [0.717, 1.165) is 11.1 Å². The smallest absolute Gasteiger partial charge is 0.318 e. The van der Waals surface area contributed by atoms with Crippen LogP contribution in [-0.4, -0.2) is 18.0 Å². The summed E-state index contributed by atoms with van der Waals surface area (Å²) in [7, 11) is 0. The third-order valence-electron chi connectivity index (χ3n) is 3.50. The summed E-state index contributed by atoms with van der Waals surface area (Å²) in [5.74, 6) is -1.11. The van der Waals surface area contributed by atoms with Crippen LogP contribution >= 0.6 is 0 Å². The van der Waals surface area contributed by atoms with Crippen LogP contribution in [0.1, 0.15) is 36.5 Å². The number of aryl methyl sites for hydroxylation is 1. The molecule has 24 heavy (non-hydrogen) atoms. The van der Waals surface area contributed by atoms with Gasteiger partial charge in [0.1, 0.15) is 0 Å². The maximum Gasteiger partial charge on any atom is 0.329 e. The molecule has 2 aromatic rings. The molecule has 2 aromatic carbocycles. The first kappa shape index (κ1) is 17.4. The minimum atomic E-state index is -0.814. The Morgan fingerprint density at radius 3 is 2.17 bits per heavy atom. The highest BCUT2D eigenvalue weighted by molar-refractivity contribution is 6.39. The Bertz CT molecular complexity index is 732. The summed E-state index contributed by atoms with van der Waals surface area (Å²) in [5, 5.41) is 6.32. The molecule has 5 nitrogen and oxygen atoms in total. The molecule has 0 heterocycles. The van der Waals surface area contributed by atoms with Gasteiger partial charge in [0.15, 0.2) is 0 Å². The molecule has 0 aromatic heterocycles. The molecule has 0 aliphatic rings. The highest BCUT2D eigenvalue weighted by atomic mass is 16.2. The van der Waals surface area contributed by atoms with E-state index in [4.69, 9.17) is 0 Å². The fraction of sp³-hybridized carbons (Fsp3) is 0.211. The van der Waals surface area contributed by atoms with Crippen molar-refractivity contribution >= 4 is 23.7 Å². The molecule has 0 aliphatic heterocycles. The molecule has 0 radical (unpaired) electrons. The fourth-order valence-electron chi connectivity index (χ4n) is 2.01. The Balaban J connectivity index is 1.87. The topological polar surface area (TPSA) is 70.6 Å². The van der Waals surface area contributed by atoms with E-state index in [1.165, 1.54) is 11.8 Å². The molecular formula is C19H21N3O2. The standard InChI is InChI=1S/C19H21N3O2/c1-13(2)16-8-6-15(7-9-16)12-20-22-19(24)18(23)21-17-10-4-14(3)5-11-17/h4-13H,1-3H3,(H,21,23)(H,22,24)/b20-12+. The summed E-state index contributed by atoms with van der Waals surface area (Å²) in [6, 6.07) is 15.0. The molecule has 0 saturated heterocycles. The third kappa shape index (κ3) is 5.05. The van der Waals surface area contributed by atoms with Crippen molar-refractivity contribution < 1.29 is 9.59 Å². The van der Waals surface area contributed by atoms with Gasteiger partial charge in [-0.2, -0.15) is 5.10 Å². The largest absolute Gasteiger partial charge is 0.329 e. The SMILES string of the molecule is Cc1ccc(NC(=O)C(=O)N/N=C/c2ccc(C(C)C)cc2)cc1. The van der Waals surface area contributed by atoms with Crippen molar-refractivity contribution in [3.05, 3.63) is 65.2 Å². The van der Waals surface area contributed by atoms with E-state index in [9.17, 15) is 9.59 Å². The van der Waals surface area contributed by atoms with E-state index in [2.05, 4.69) is 29.7 Å². The zero-order chi connectivity index (χ0) is 17.5.